The number of nitro benzene ring substituents is 1. The SMILES string of the molecule is Cc1ccc(-c2nn3nc(C(C)(C)C)cc3n2C(=O)c2cccc([N+](=O)[O-])c2)cc1. The van der Waals surface area contributed by atoms with Gasteiger partial charge in [0.1, 0.15) is 0 Å². The summed E-state index contributed by atoms with van der Waals surface area (Å²) in [5, 5.41) is 20.3. The third-order valence-electron chi connectivity index (χ3n) is 4.89. The number of nitro groups is 1. The Morgan fingerprint density at radius 1 is 1.03 bits per heavy atom. The minimum Gasteiger partial charge on any atom is -0.268 e. The van der Waals surface area contributed by atoms with Gasteiger partial charge in [0, 0.05) is 34.7 Å². The van der Waals surface area contributed by atoms with Crippen molar-refractivity contribution >= 4 is 17.2 Å². The lowest BCUT2D eigenvalue weighted by Crippen LogP contribution is -2.14. The summed E-state index contributed by atoms with van der Waals surface area (Å²) in [7, 11) is 0. The molecule has 30 heavy (non-hydrogen) atoms. The van der Waals surface area contributed by atoms with Crippen LogP contribution in [-0.2, 0) is 5.41 Å². The molecule has 2 aromatic heterocycles. The summed E-state index contributed by atoms with van der Waals surface area (Å²) >= 11 is 0. The fraction of sp³-hybridized carbons (Fsp3) is 0.227. The Kier molecular flexibility index (Phi) is 4.49. The number of hydrogen-bond donors (Lipinski definition) is 0. The fourth-order valence-corrected chi connectivity index (χ4v) is 3.17. The average molecular weight is 403 g/mol. The van der Waals surface area contributed by atoms with Crippen LogP contribution in [0.4, 0.5) is 5.69 Å². The molecule has 0 aliphatic rings. The number of nitrogens with zero attached hydrogens (tertiary/aromatic N) is 5. The van der Waals surface area contributed by atoms with Gasteiger partial charge in [-0.2, -0.15) is 5.10 Å². The van der Waals surface area contributed by atoms with E-state index < -0.39 is 10.8 Å². The van der Waals surface area contributed by atoms with E-state index in [4.69, 9.17) is 0 Å². The number of benzene rings is 2. The number of rotatable bonds is 3. The maximum Gasteiger partial charge on any atom is 0.270 e. The van der Waals surface area contributed by atoms with Crippen LogP contribution in [0.5, 0.6) is 0 Å². The second-order valence-corrected chi connectivity index (χ2v) is 8.26. The highest BCUT2D eigenvalue weighted by Gasteiger charge is 2.26. The number of hydrogen-bond acceptors (Lipinski definition) is 5. The molecule has 2 heterocycles. The topological polar surface area (TPSA) is 95.3 Å². The molecule has 0 bridgehead atoms. The van der Waals surface area contributed by atoms with Crippen LogP contribution in [-0.4, -0.2) is 30.2 Å². The summed E-state index contributed by atoms with van der Waals surface area (Å²) in [6.07, 6.45) is 0. The van der Waals surface area contributed by atoms with E-state index in [0.29, 0.717) is 11.5 Å². The van der Waals surface area contributed by atoms with Gasteiger partial charge in [-0.05, 0) is 13.0 Å². The molecular formula is C22H21N5O3. The van der Waals surface area contributed by atoms with Crippen molar-refractivity contribution in [2.45, 2.75) is 33.1 Å². The summed E-state index contributed by atoms with van der Waals surface area (Å²) in [6.45, 7) is 8.07. The fourth-order valence-electron chi connectivity index (χ4n) is 3.17. The van der Waals surface area contributed by atoms with Crippen LogP contribution < -0.4 is 0 Å². The maximum absolute atomic E-state index is 13.5. The first kappa shape index (κ1) is 19.5. The molecule has 0 unspecified atom stereocenters. The number of aromatic nitrogens is 4. The van der Waals surface area contributed by atoms with E-state index in [1.54, 1.807) is 6.07 Å². The second kappa shape index (κ2) is 6.91. The highest BCUT2D eigenvalue weighted by Crippen LogP contribution is 2.27. The molecule has 8 nitrogen and oxygen atoms in total. The molecule has 0 aliphatic heterocycles. The van der Waals surface area contributed by atoms with Gasteiger partial charge in [0.25, 0.3) is 11.6 Å². The van der Waals surface area contributed by atoms with E-state index in [9.17, 15) is 14.9 Å². The molecule has 0 spiro atoms. The number of non-ortho nitro benzene ring substituents is 1. The van der Waals surface area contributed by atoms with Crippen LogP contribution in [0.3, 0.4) is 0 Å². The van der Waals surface area contributed by atoms with Gasteiger partial charge in [-0.3, -0.25) is 14.9 Å². The van der Waals surface area contributed by atoms with Crippen LogP contribution >= 0.6 is 0 Å². The van der Waals surface area contributed by atoms with Crippen LogP contribution in [0.1, 0.15) is 42.4 Å². The van der Waals surface area contributed by atoms with Crippen molar-refractivity contribution in [3.8, 4) is 11.4 Å². The zero-order valence-electron chi connectivity index (χ0n) is 17.2. The van der Waals surface area contributed by atoms with Gasteiger partial charge in [0.15, 0.2) is 11.5 Å². The number of fused-ring (bicyclic) bond motifs is 1. The second-order valence-electron chi connectivity index (χ2n) is 8.26. The Balaban J connectivity index is 1.94. The number of carbonyl (C=O) groups is 1. The summed E-state index contributed by atoms with van der Waals surface area (Å²) in [5.41, 5.74) is 2.97. The average Bonchev–Trinajstić information content (AvgIpc) is 3.26. The zero-order valence-corrected chi connectivity index (χ0v) is 17.2. The van der Waals surface area contributed by atoms with E-state index in [1.165, 1.54) is 27.4 Å². The van der Waals surface area contributed by atoms with E-state index in [0.717, 1.165) is 16.8 Å². The first-order chi connectivity index (χ1) is 14.1. The summed E-state index contributed by atoms with van der Waals surface area (Å²) in [4.78, 5) is 24.1. The van der Waals surface area contributed by atoms with Gasteiger partial charge >= 0.3 is 0 Å². The van der Waals surface area contributed by atoms with Crippen molar-refractivity contribution in [3.63, 3.8) is 0 Å². The smallest absolute Gasteiger partial charge is 0.268 e. The normalized spacial score (nSPS) is 11.7. The van der Waals surface area contributed by atoms with Crippen molar-refractivity contribution < 1.29 is 9.72 Å². The van der Waals surface area contributed by atoms with E-state index in [-0.39, 0.29) is 16.7 Å². The van der Waals surface area contributed by atoms with Crippen molar-refractivity contribution in [3.05, 3.63) is 81.5 Å². The molecule has 0 atom stereocenters. The Morgan fingerprint density at radius 3 is 2.37 bits per heavy atom. The Morgan fingerprint density at radius 2 is 1.73 bits per heavy atom. The van der Waals surface area contributed by atoms with Crippen LogP contribution in [0.15, 0.2) is 54.6 Å². The molecule has 4 rings (SSSR count). The Labute approximate surface area is 172 Å². The quantitative estimate of drug-likeness (QED) is 0.373. The minimum atomic E-state index is -0.516. The van der Waals surface area contributed by atoms with Gasteiger partial charge in [0.2, 0.25) is 0 Å². The summed E-state index contributed by atoms with van der Waals surface area (Å²) in [5.74, 6) is 0.0200. The highest BCUT2D eigenvalue weighted by molar-refractivity contribution is 6.01. The monoisotopic (exact) mass is 403 g/mol. The molecule has 0 N–H and O–H groups in total. The molecule has 0 saturated carbocycles. The summed E-state index contributed by atoms with van der Waals surface area (Å²) < 4.78 is 2.91. The lowest BCUT2D eigenvalue weighted by Gasteiger charge is -2.13. The third-order valence-corrected chi connectivity index (χ3v) is 4.89. The van der Waals surface area contributed by atoms with Crippen molar-refractivity contribution in [1.82, 2.24) is 19.4 Å². The molecule has 0 radical (unpaired) electrons. The number of carbonyl (C=O) groups excluding carboxylic acids is 1. The minimum absolute atomic E-state index is 0.141. The van der Waals surface area contributed by atoms with Crippen LogP contribution in [0.2, 0.25) is 0 Å². The molecule has 0 saturated heterocycles. The lowest BCUT2D eigenvalue weighted by atomic mass is 9.92. The predicted molar refractivity (Wildman–Crippen MR) is 113 cm³/mol. The molecular weight excluding hydrogens is 382 g/mol. The molecule has 0 aliphatic carbocycles. The molecule has 0 amide bonds. The Hall–Kier alpha value is -3.81. The van der Waals surface area contributed by atoms with E-state index in [1.807, 2.05) is 58.0 Å². The van der Waals surface area contributed by atoms with E-state index >= 15 is 0 Å². The number of aryl methyl sites for hydroxylation is 1. The lowest BCUT2D eigenvalue weighted by molar-refractivity contribution is -0.384. The van der Waals surface area contributed by atoms with Gasteiger partial charge in [-0.1, -0.05) is 56.7 Å². The van der Waals surface area contributed by atoms with Gasteiger partial charge in [0.05, 0.1) is 10.6 Å². The van der Waals surface area contributed by atoms with Gasteiger partial charge < -0.3 is 0 Å². The predicted octanol–water partition coefficient (Wildman–Crippen LogP) is 4.40. The zero-order chi connectivity index (χ0) is 21.6. The van der Waals surface area contributed by atoms with Crippen molar-refractivity contribution in [2.24, 2.45) is 0 Å². The molecule has 0 fully saturated rings. The first-order valence-corrected chi connectivity index (χ1v) is 9.50. The molecule has 2 aromatic carbocycles. The first-order valence-electron chi connectivity index (χ1n) is 9.50. The molecule has 8 heteroatoms. The third kappa shape index (κ3) is 3.36. The van der Waals surface area contributed by atoms with Crippen LogP contribution in [0, 0.1) is 17.0 Å². The standard InChI is InChI=1S/C22H21N5O3/c1-14-8-10-15(11-9-14)20-24-26-19(13-18(23-26)22(2,3)4)25(20)21(28)16-6-5-7-17(12-16)27(29)30/h5-13H,1-4H3. The molecule has 4 aromatic rings. The largest absolute Gasteiger partial charge is 0.270 e. The summed E-state index contributed by atoms with van der Waals surface area (Å²) in [6, 6.07) is 15.2. The molecule has 152 valence electrons. The van der Waals surface area contributed by atoms with Crippen molar-refractivity contribution in [1.29, 1.82) is 0 Å². The van der Waals surface area contributed by atoms with Crippen molar-refractivity contribution in [2.75, 3.05) is 0 Å². The van der Waals surface area contributed by atoms with Crippen LogP contribution in [0.25, 0.3) is 17.0 Å². The van der Waals surface area contributed by atoms with E-state index in [2.05, 4.69) is 10.2 Å². The maximum atomic E-state index is 13.5. The van der Waals surface area contributed by atoms with Gasteiger partial charge in [-0.15, -0.1) is 9.73 Å². The Bertz CT molecular complexity index is 1280. The van der Waals surface area contributed by atoms with Gasteiger partial charge in [-0.25, -0.2) is 4.57 Å². The highest BCUT2D eigenvalue weighted by atomic mass is 16.6.